The zero-order valence-electron chi connectivity index (χ0n) is 17.4. The third kappa shape index (κ3) is 4.35. The van der Waals surface area contributed by atoms with Gasteiger partial charge in [0, 0.05) is 6.07 Å². The summed E-state index contributed by atoms with van der Waals surface area (Å²) in [5.41, 5.74) is 2.19. The second-order valence-electron chi connectivity index (χ2n) is 7.23. The van der Waals surface area contributed by atoms with E-state index in [9.17, 15) is 4.79 Å². The fourth-order valence-electron chi connectivity index (χ4n) is 3.36. The molecular formula is C19H20Cl2N10O. The van der Waals surface area contributed by atoms with E-state index in [1.54, 1.807) is 22.8 Å². The number of nitrogens with one attached hydrogen (secondary N) is 3. The summed E-state index contributed by atoms with van der Waals surface area (Å²) in [5, 5.41) is 21.7. The smallest absolute Gasteiger partial charge is 0.311 e. The standard InChI is InChI=1S/C19H20Cl2N10O/c1-10(2)16(22-3)17-13(9-23-15-7-14(21)29-30(15)17)28-19(32)27-11-6-12(20)18(24-8-11)31-25-4-5-26-31/h4-10,16,22H,1-3H3,(H2,27,28,32). The summed E-state index contributed by atoms with van der Waals surface area (Å²) in [7, 11) is 1.84. The fraction of sp³-hybridized carbons (Fsp3) is 0.263. The van der Waals surface area contributed by atoms with Crippen LogP contribution in [0.2, 0.25) is 10.2 Å². The molecule has 0 aromatic carbocycles. The normalized spacial score (nSPS) is 12.3. The monoisotopic (exact) mass is 474 g/mol. The number of carbonyl (C=O) groups excluding carboxylic acids is 1. The summed E-state index contributed by atoms with van der Waals surface area (Å²) in [6, 6.07) is 2.61. The van der Waals surface area contributed by atoms with Crippen molar-refractivity contribution in [1.29, 1.82) is 0 Å². The van der Waals surface area contributed by atoms with Crippen molar-refractivity contribution in [1.82, 2.24) is 39.9 Å². The van der Waals surface area contributed by atoms with Crippen LogP contribution in [0.5, 0.6) is 0 Å². The van der Waals surface area contributed by atoms with Crippen LogP contribution in [0.4, 0.5) is 16.2 Å². The minimum atomic E-state index is -0.493. The number of amides is 2. The van der Waals surface area contributed by atoms with Crippen molar-refractivity contribution in [3.8, 4) is 5.82 Å². The van der Waals surface area contributed by atoms with Crippen LogP contribution in [-0.4, -0.2) is 47.7 Å². The van der Waals surface area contributed by atoms with Crippen molar-refractivity contribution < 1.29 is 4.79 Å². The quantitative estimate of drug-likeness (QED) is 0.389. The Labute approximate surface area is 193 Å². The number of hydrogen-bond acceptors (Lipinski definition) is 7. The van der Waals surface area contributed by atoms with E-state index in [1.165, 1.54) is 23.4 Å². The summed E-state index contributed by atoms with van der Waals surface area (Å²) in [6.07, 6.45) is 6.07. The summed E-state index contributed by atoms with van der Waals surface area (Å²) in [5.74, 6) is 0.549. The van der Waals surface area contributed by atoms with Gasteiger partial charge in [0.25, 0.3) is 0 Å². The third-order valence-corrected chi connectivity index (χ3v) is 5.16. The number of hydrogen-bond donors (Lipinski definition) is 3. The van der Waals surface area contributed by atoms with Gasteiger partial charge in [-0.05, 0) is 19.0 Å². The second kappa shape index (κ2) is 9.07. The number of urea groups is 1. The lowest BCUT2D eigenvalue weighted by Gasteiger charge is -2.24. The molecule has 11 nitrogen and oxygen atoms in total. The topological polar surface area (TPSA) is 127 Å². The number of rotatable bonds is 6. The summed E-state index contributed by atoms with van der Waals surface area (Å²) < 4.78 is 1.63. The number of halogens is 2. The lowest BCUT2D eigenvalue weighted by molar-refractivity contribution is 0.262. The number of carbonyl (C=O) groups is 1. The van der Waals surface area contributed by atoms with Crippen LogP contribution in [0.25, 0.3) is 11.5 Å². The molecule has 0 saturated heterocycles. The lowest BCUT2D eigenvalue weighted by Crippen LogP contribution is -2.28. The van der Waals surface area contributed by atoms with Gasteiger partial charge in [-0.25, -0.2) is 19.3 Å². The third-order valence-electron chi connectivity index (χ3n) is 4.70. The molecule has 0 aliphatic heterocycles. The minimum Gasteiger partial charge on any atom is -0.311 e. The predicted octanol–water partition coefficient (Wildman–Crippen LogP) is 3.57. The molecule has 0 saturated carbocycles. The van der Waals surface area contributed by atoms with E-state index in [4.69, 9.17) is 23.2 Å². The Morgan fingerprint density at radius 3 is 2.47 bits per heavy atom. The Morgan fingerprint density at radius 1 is 1.06 bits per heavy atom. The van der Waals surface area contributed by atoms with Crippen molar-refractivity contribution >= 4 is 46.3 Å². The van der Waals surface area contributed by atoms with Crippen LogP contribution in [-0.2, 0) is 0 Å². The van der Waals surface area contributed by atoms with E-state index in [0.29, 0.717) is 28.0 Å². The summed E-state index contributed by atoms with van der Waals surface area (Å²) >= 11 is 12.4. The molecule has 13 heteroatoms. The largest absolute Gasteiger partial charge is 0.323 e. The molecule has 0 spiro atoms. The maximum atomic E-state index is 12.8. The van der Waals surface area contributed by atoms with E-state index in [2.05, 4.69) is 55.1 Å². The number of aromatic nitrogens is 7. The van der Waals surface area contributed by atoms with Crippen LogP contribution < -0.4 is 16.0 Å². The van der Waals surface area contributed by atoms with Crippen molar-refractivity contribution in [2.45, 2.75) is 19.9 Å². The maximum Gasteiger partial charge on any atom is 0.323 e. The highest BCUT2D eigenvalue weighted by Crippen LogP contribution is 2.29. The predicted molar refractivity (Wildman–Crippen MR) is 121 cm³/mol. The van der Waals surface area contributed by atoms with Gasteiger partial charge in [-0.15, -0.1) is 4.80 Å². The molecule has 4 aromatic heterocycles. The van der Waals surface area contributed by atoms with Crippen LogP contribution >= 0.6 is 23.2 Å². The maximum absolute atomic E-state index is 12.8. The zero-order valence-corrected chi connectivity index (χ0v) is 18.9. The Hall–Kier alpha value is -3.28. The Morgan fingerprint density at radius 2 is 1.81 bits per heavy atom. The minimum absolute atomic E-state index is 0.122. The van der Waals surface area contributed by atoms with Gasteiger partial charge in [0.05, 0.1) is 52.9 Å². The number of fused-ring (bicyclic) bond motifs is 1. The average molecular weight is 475 g/mol. The molecule has 1 unspecified atom stereocenters. The van der Waals surface area contributed by atoms with Crippen LogP contribution in [0.3, 0.4) is 0 Å². The highest BCUT2D eigenvalue weighted by atomic mass is 35.5. The first-order chi connectivity index (χ1) is 15.4. The molecule has 32 heavy (non-hydrogen) atoms. The molecule has 3 N–H and O–H groups in total. The Bertz CT molecular complexity index is 1250. The van der Waals surface area contributed by atoms with Crippen molar-refractivity contribution in [3.63, 3.8) is 0 Å². The van der Waals surface area contributed by atoms with Crippen molar-refractivity contribution in [2.75, 3.05) is 17.7 Å². The molecule has 0 aliphatic carbocycles. The molecule has 1 atom stereocenters. The van der Waals surface area contributed by atoms with Crippen molar-refractivity contribution in [3.05, 3.63) is 52.8 Å². The molecule has 0 aliphatic rings. The Kier molecular flexibility index (Phi) is 6.21. The molecule has 166 valence electrons. The van der Waals surface area contributed by atoms with E-state index < -0.39 is 6.03 Å². The number of nitrogens with zero attached hydrogens (tertiary/aromatic N) is 7. The van der Waals surface area contributed by atoms with E-state index in [1.807, 2.05) is 7.05 Å². The zero-order chi connectivity index (χ0) is 22.8. The van der Waals surface area contributed by atoms with E-state index in [-0.39, 0.29) is 17.0 Å². The van der Waals surface area contributed by atoms with Gasteiger partial charge in [0.1, 0.15) is 0 Å². The van der Waals surface area contributed by atoms with Gasteiger partial charge in [0.15, 0.2) is 16.6 Å². The average Bonchev–Trinajstić information content (AvgIpc) is 3.39. The van der Waals surface area contributed by atoms with E-state index in [0.717, 1.165) is 5.69 Å². The van der Waals surface area contributed by atoms with Gasteiger partial charge in [-0.1, -0.05) is 37.0 Å². The lowest BCUT2D eigenvalue weighted by atomic mass is 9.99. The summed E-state index contributed by atoms with van der Waals surface area (Å²) in [4.78, 5) is 22.6. The van der Waals surface area contributed by atoms with Crippen LogP contribution in [0.1, 0.15) is 25.6 Å². The highest BCUT2D eigenvalue weighted by Gasteiger charge is 2.23. The van der Waals surface area contributed by atoms with Crippen molar-refractivity contribution in [2.24, 2.45) is 5.92 Å². The fourth-order valence-corrected chi connectivity index (χ4v) is 3.78. The molecule has 2 amide bonds. The number of anilines is 2. The molecule has 4 aromatic rings. The molecular weight excluding hydrogens is 455 g/mol. The summed E-state index contributed by atoms with van der Waals surface area (Å²) in [6.45, 7) is 4.12. The first-order valence-corrected chi connectivity index (χ1v) is 10.4. The molecule has 0 radical (unpaired) electrons. The van der Waals surface area contributed by atoms with Gasteiger partial charge in [0.2, 0.25) is 0 Å². The second-order valence-corrected chi connectivity index (χ2v) is 8.03. The van der Waals surface area contributed by atoms with Crippen LogP contribution in [0.15, 0.2) is 36.9 Å². The van der Waals surface area contributed by atoms with Gasteiger partial charge in [-0.3, -0.25) is 0 Å². The molecule has 0 fully saturated rings. The van der Waals surface area contributed by atoms with Gasteiger partial charge < -0.3 is 16.0 Å². The molecule has 4 heterocycles. The highest BCUT2D eigenvalue weighted by molar-refractivity contribution is 6.32. The molecule has 4 rings (SSSR count). The number of pyridine rings is 1. The van der Waals surface area contributed by atoms with Crippen LogP contribution in [0, 0.1) is 5.92 Å². The first kappa shape index (κ1) is 21.9. The Balaban J connectivity index is 1.60. The van der Waals surface area contributed by atoms with Gasteiger partial charge >= 0.3 is 6.03 Å². The van der Waals surface area contributed by atoms with E-state index >= 15 is 0 Å². The first-order valence-electron chi connectivity index (χ1n) is 9.69. The SMILES string of the molecule is CNC(c1c(NC(=O)Nc2cnc(-n3nccn3)c(Cl)c2)cnc2cc(Cl)nn12)C(C)C. The van der Waals surface area contributed by atoms with Gasteiger partial charge in [-0.2, -0.15) is 15.3 Å². The molecule has 0 bridgehead atoms.